The Bertz CT molecular complexity index is 366. The zero-order valence-corrected chi connectivity index (χ0v) is 12.0. The van der Waals surface area contributed by atoms with Crippen LogP contribution in [0.15, 0.2) is 0 Å². The van der Waals surface area contributed by atoms with Crippen molar-refractivity contribution in [3.63, 3.8) is 0 Å². The zero-order valence-electron chi connectivity index (χ0n) is 12.0. The minimum absolute atomic E-state index is 0.296. The highest BCUT2D eigenvalue weighted by atomic mass is 16.9. The lowest BCUT2D eigenvalue weighted by Gasteiger charge is -2.38. The van der Waals surface area contributed by atoms with Crippen LogP contribution in [0.25, 0.3) is 0 Å². The van der Waals surface area contributed by atoms with E-state index in [0.717, 1.165) is 0 Å². The number of hydrogen-bond donors (Lipinski definition) is 1. The molecule has 1 N–H and O–H groups in total. The Morgan fingerprint density at radius 2 is 1.37 bits per heavy atom. The average molecular weight is 274 g/mol. The Balaban J connectivity index is 1.89. The van der Waals surface area contributed by atoms with Crippen LogP contribution in [0.4, 0.5) is 0 Å². The highest BCUT2D eigenvalue weighted by molar-refractivity contribution is 5.01. The minimum atomic E-state index is -0.719. The molecule has 110 valence electrons. The van der Waals surface area contributed by atoms with Gasteiger partial charge in [0.15, 0.2) is 17.9 Å². The van der Waals surface area contributed by atoms with Crippen LogP contribution in [0.2, 0.25) is 0 Å². The third-order valence-electron chi connectivity index (χ3n) is 3.67. The lowest BCUT2D eigenvalue weighted by molar-refractivity contribution is -0.250. The van der Waals surface area contributed by atoms with Crippen molar-refractivity contribution in [2.75, 3.05) is 0 Å². The highest BCUT2D eigenvalue weighted by Gasteiger charge is 2.61. The van der Waals surface area contributed by atoms with Gasteiger partial charge < -0.3 is 28.8 Å². The number of fused-ring (bicyclic) bond motifs is 3. The summed E-state index contributed by atoms with van der Waals surface area (Å²) in [5, 5.41) is 9.89. The Kier molecular flexibility index (Phi) is 2.98. The Labute approximate surface area is 112 Å². The van der Waals surface area contributed by atoms with Gasteiger partial charge in [-0.2, -0.15) is 0 Å². The van der Waals surface area contributed by atoms with Crippen molar-refractivity contribution < 1.29 is 28.8 Å². The summed E-state index contributed by atoms with van der Waals surface area (Å²) in [6, 6.07) is 0. The van der Waals surface area contributed by atoms with E-state index in [1.165, 1.54) is 0 Å². The molecule has 0 aromatic carbocycles. The largest absolute Gasteiger partial charge is 0.391 e. The van der Waals surface area contributed by atoms with Crippen molar-refractivity contribution in [1.29, 1.82) is 0 Å². The van der Waals surface area contributed by atoms with E-state index < -0.39 is 30.1 Å². The molecule has 3 heterocycles. The summed E-state index contributed by atoms with van der Waals surface area (Å²) >= 11 is 0. The molecule has 0 radical (unpaired) electrons. The summed E-state index contributed by atoms with van der Waals surface area (Å²) in [6.45, 7) is 9.04. The topological polar surface area (TPSA) is 66.4 Å². The van der Waals surface area contributed by atoms with Crippen molar-refractivity contribution in [3.8, 4) is 0 Å². The van der Waals surface area contributed by atoms with Gasteiger partial charge in [0.05, 0.1) is 6.10 Å². The van der Waals surface area contributed by atoms with Gasteiger partial charge in [-0.25, -0.2) is 0 Å². The number of aliphatic hydroxyl groups is 1. The molecule has 0 amide bonds. The Morgan fingerprint density at radius 1 is 0.842 bits per heavy atom. The third-order valence-corrected chi connectivity index (χ3v) is 3.67. The van der Waals surface area contributed by atoms with E-state index >= 15 is 0 Å². The summed E-state index contributed by atoms with van der Waals surface area (Å²) in [5.74, 6) is -1.43. The zero-order chi connectivity index (χ0) is 14.0. The van der Waals surface area contributed by atoms with Gasteiger partial charge in [-0.3, -0.25) is 0 Å². The first-order chi connectivity index (χ1) is 8.69. The van der Waals surface area contributed by atoms with Crippen LogP contribution < -0.4 is 0 Å². The van der Waals surface area contributed by atoms with E-state index in [4.69, 9.17) is 23.7 Å². The van der Waals surface area contributed by atoms with Crippen LogP contribution in [-0.4, -0.2) is 53.5 Å². The Hall–Kier alpha value is -0.240. The molecular weight excluding hydrogens is 252 g/mol. The maximum Gasteiger partial charge on any atom is 0.190 e. The fourth-order valence-corrected chi connectivity index (χ4v) is 3.03. The molecule has 6 atom stereocenters. The maximum absolute atomic E-state index is 9.89. The second-order valence-electron chi connectivity index (χ2n) is 6.37. The number of aliphatic hydroxyl groups excluding tert-OH is 1. The van der Waals surface area contributed by atoms with E-state index in [-0.39, 0.29) is 18.3 Å². The molecule has 0 saturated carbocycles. The SMILES string of the molecule is CC(O)C1OC2OC(C)(C)OC2[C@@H]2OC(C)(C)O[C@H]12. The first kappa shape index (κ1) is 13.7. The quantitative estimate of drug-likeness (QED) is 0.761. The molecule has 0 aromatic heterocycles. The van der Waals surface area contributed by atoms with Gasteiger partial charge in [0.25, 0.3) is 0 Å². The first-order valence-electron chi connectivity index (χ1n) is 6.73. The summed E-state index contributed by atoms with van der Waals surface area (Å²) in [7, 11) is 0. The minimum Gasteiger partial charge on any atom is -0.391 e. The standard InChI is InChI=1S/C13H22O6/c1-6(14)7-8-9(17-12(2,3)16-8)10-11(15-7)19-13(4,5)18-10/h6-11,14H,1-5H3/t6?,7?,8-,9-,10?,11?/m1/s1. The molecule has 0 aromatic rings. The summed E-state index contributed by atoms with van der Waals surface area (Å²) in [4.78, 5) is 0. The maximum atomic E-state index is 9.89. The molecule has 4 unspecified atom stereocenters. The van der Waals surface area contributed by atoms with Crippen molar-refractivity contribution in [1.82, 2.24) is 0 Å². The van der Waals surface area contributed by atoms with Crippen LogP contribution in [0.1, 0.15) is 34.6 Å². The molecule has 0 bridgehead atoms. The fourth-order valence-electron chi connectivity index (χ4n) is 3.03. The molecule has 6 heteroatoms. The molecular formula is C13H22O6. The van der Waals surface area contributed by atoms with Crippen LogP contribution in [0.5, 0.6) is 0 Å². The Morgan fingerprint density at radius 3 is 2.00 bits per heavy atom. The van der Waals surface area contributed by atoms with E-state index in [9.17, 15) is 5.11 Å². The van der Waals surface area contributed by atoms with E-state index in [0.29, 0.717) is 0 Å². The molecule has 3 aliphatic rings. The van der Waals surface area contributed by atoms with Gasteiger partial charge in [0.1, 0.15) is 24.4 Å². The van der Waals surface area contributed by atoms with Gasteiger partial charge in [-0.15, -0.1) is 0 Å². The summed E-state index contributed by atoms with van der Waals surface area (Å²) in [5.41, 5.74) is 0. The van der Waals surface area contributed by atoms with Gasteiger partial charge >= 0.3 is 0 Å². The van der Waals surface area contributed by atoms with Gasteiger partial charge in [-0.1, -0.05) is 0 Å². The summed E-state index contributed by atoms with van der Waals surface area (Å²) in [6.07, 6.45) is -2.67. The van der Waals surface area contributed by atoms with Gasteiger partial charge in [-0.05, 0) is 34.6 Å². The molecule has 0 spiro atoms. The smallest absolute Gasteiger partial charge is 0.190 e. The van der Waals surface area contributed by atoms with E-state index in [2.05, 4.69) is 0 Å². The molecule has 3 fully saturated rings. The number of rotatable bonds is 1. The molecule has 3 rings (SSSR count). The summed E-state index contributed by atoms with van der Waals surface area (Å²) < 4.78 is 29.2. The number of hydrogen-bond acceptors (Lipinski definition) is 6. The van der Waals surface area contributed by atoms with Crippen molar-refractivity contribution in [2.24, 2.45) is 0 Å². The van der Waals surface area contributed by atoms with Gasteiger partial charge in [0.2, 0.25) is 0 Å². The lowest BCUT2D eigenvalue weighted by Crippen LogP contribution is -2.57. The molecule has 19 heavy (non-hydrogen) atoms. The predicted octanol–water partition coefficient (Wildman–Crippen LogP) is 0.764. The molecule has 3 saturated heterocycles. The predicted molar refractivity (Wildman–Crippen MR) is 64.2 cm³/mol. The number of ether oxygens (including phenoxy) is 5. The van der Waals surface area contributed by atoms with E-state index in [1.54, 1.807) is 6.92 Å². The molecule has 3 aliphatic heterocycles. The van der Waals surface area contributed by atoms with Gasteiger partial charge in [0, 0.05) is 0 Å². The molecule has 0 aliphatic carbocycles. The van der Waals surface area contributed by atoms with Crippen LogP contribution in [-0.2, 0) is 23.7 Å². The first-order valence-corrected chi connectivity index (χ1v) is 6.73. The third kappa shape index (κ3) is 2.30. The second kappa shape index (κ2) is 4.13. The van der Waals surface area contributed by atoms with Crippen LogP contribution >= 0.6 is 0 Å². The molecule has 6 nitrogen and oxygen atoms in total. The monoisotopic (exact) mass is 274 g/mol. The van der Waals surface area contributed by atoms with Crippen molar-refractivity contribution in [2.45, 2.75) is 83.0 Å². The lowest BCUT2D eigenvalue weighted by atomic mass is 9.96. The van der Waals surface area contributed by atoms with E-state index in [1.807, 2.05) is 27.7 Å². The second-order valence-corrected chi connectivity index (χ2v) is 6.37. The normalized spacial score (nSPS) is 48.6. The van der Waals surface area contributed by atoms with Crippen LogP contribution in [0.3, 0.4) is 0 Å². The van der Waals surface area contributed by atoms with Crippen molar-refractivity contribution in [3.05, 3.63) is 0 Å². The van der Waals surface area contributed by atoms with Crippen molar-refractivity contribution >= 4 is 0 Å². The average Bonchev–Trinajstić information content (AvgIpc) is 2.70. The fraction of sp³-hybridized carbons (Fsp3) is 1.00. The van der Waals surface area contributed by atoms with Crippen LogP contribution in [0, 0.1) is 0 Å². The highest BCUT2D eigenvalue weighted by Crippen LogP contribution is 2.44.